The van der Waals surface area contributed by atoms with Gasteiger partial charge in [0, 0.05) is 28.7 Å². The first-order chi connectivity index (χ1) is 13.3. The maximum Gasteiger partial charge on any atom is 0.288 e. The van der Waals surface area contributed by atoms with Crippen LogP contribution in [0.2, 0.25) is 0 Å². The van der Waals surface area contributed by atoms with Crippen molar-refractivity contribution < 1.29 is 18.5 Å². The number of nitrogens with zero attached hydrogens (tertiary/aromatic N) is 3. The number of aromatic nitrogens is 2. The van der Waals surface area contributed by atoms with Gasteiger partial charge < -0.3 is 5.32 Å². The van der Waals surface area contributed by atoms with Crippen molar-refractivity contribution in [1.82, 2.24) is 9.78 Å². The first kappa shape index (κ1) is 19.5. The van der Waals surface area contributed by atoms with E-state index in [2.05, 4.69) is 10.4 Å². The van der Waals surface area contributed by atoms with E-state index in [9.17, 15) is 23.7 Å². The highest BCUT2D eigenvalue weighted by Crippen LogP contribution is 2.25. The number of hydrogen-bond acceptors (Lipinski definition) is 5. The van der Waals surface area contributed by atoms with E-state index in [1.54, 1.807) is 13.0 Å². The second-order valence-electron chi connectivity index (χ2n) is 5.71. The molecule has 1 amide bonds. The third-order valence-electron chi connectivity index (χ3n) is 3.72. The molecule has 144 valence electrons. The number of halogens is 2. The van der Waals surface area contributed by atoms with Gasteiger partial charge in [0.1, 0.15) is 5.82 Å². The summed E-state index contributed by atoms with van der Waals surface area (Å²) in [6.07, 6.45) is 0. The van der Waals surface area contributed by atoms with E-state index in [1.165, 1.54) is 53.2 Å². The smallest absolute Gasteiger partial charge is 0.288 e. The summed E-state index contributed by atoms with van der Waals surface area (Å²) < 4.78 is 26.2. The number of carbonyl (C=O) groups excluding carboxylic acids is 1. The molecule has 10 heteroatoms. The number of rotatable bonds is 6. The topological polar surface area (TPSA) is 90.1 Å². The lowest BCUT2D eigenvalue weighted by atomic mass is 10.2. The summed E-state index contributed by atoms with van der Waals surface area (Å²) in [5.74, 6) is -2.59. The predicted molar refractivity (Wildman–Crippen MR) is 101 cm³/mol. The van der Waals surface area contributed by atoms with E-state index < -0.39 is 16.6 Å². The lowest BCUT2D eigenvalue weighted by Gasteiger charge is -2.09. The summed E-state index contributed by atoms with van der Waals surface area (Å²) in [4.78, 5) is 23.1. The number of nitrogens with one attached hydrogen (secondary N) is 1. The Balaban J connectivity index is 1.81. The van der Waals surface area contributed by atoms with Gasteiger partial charge in [-0.3, -0.25) is 14.9 Å². The van der Waals surface area contributed by atoms with E-state index >= 15 is 0 Å². The Kier molecular flexibility index (Phi) is 5.69. The first-order valence-corrected chi connectivity index (χ1v) is 8.89. The average Bonchev–Trinajstić information content (AvgIpc) is 3.02. The minimum absolute atomic E-state index is 0.0556. The van der Waals surface area contributed by atoms with Crippen molar-refractivity contribution in [3.63, 3.8) is 0 Å². The number of anilines is 1. The van der Waals surface area contributed by atoms with Crippen LogP contribution in [0.15, 0.2) is 59.5 Å². The van der Waals surface area contributed by atoms with Crippen molar-refractivity contribution in [2.45, 2.75) is 17.6 Å². The molecule has 1 heterocycles. The van der Waals surface area contributed by atoms with Crippen molar-refractivity contribution in [2.24, 2.45) is 0 Å². The fourth-order valence-corrected chi connectivity index (χ4v) is 2.98. The molecule has 0 bridgehead atoms. The molecule has 0 aliphatic heterocycles. The molecule has 0 aliphatic rings. The Labute approximate surface area is 162 Å². The van der Waals surface area contributed by atoms with Crippen LogP contribution in [0.3, 0.4) is 0 Å². The molecule has 0 saturated heterocycles. The summed E-state index contributed by atoms with van der Waals surface area (Å²) in [5, 5.41) is 17.8. The Morgan fingerprint density at radius 2 is 1.82 bits per heavy atom. The van der Waals surface area contributed by atoms with Crippen molar-refractivity contribution in [1.29, 1.82) is 0 Å². The fraction of sp³-hybridized carbons (Fsp3) is 0.111. The molecule has 2 aromatic carbocycles. The van der Waals surface area contributed by atoms with E-state index in [0.717, 1.165) is 0 Å². The van der Waals surface area contributed by atoms with Crippen LogP contribution in [-0.4, -0.2) is 26.4 Å². The fourth-order valence-electron chi connectivity index (χ4n) is 2.48. The normalized spacial score (nSPS) is 10.9. The summed E-state index contributed by atoms with van der Waals surface area (Å²) in [7, 11) is 0. The van der Waals surface area contributed by atoms with Gasteiger partial charge in [-0.15, -0.1) is 0 Å². The zero-order valence-electron chi connectivity index (χ0n) is 14.5. The summed E-state index contributed by atoms with van der Waals surface area (Å²) in [5.41, 5.74) is 1.42. The van der Waals surface area contributed by atoms with Crippen LogP contribution >= 0.6 is 11.8 Å². The quantitative estimate of drug-likeness (QED) is 0.367. The highest BCUT2D eigenvalue weighted by molar-refractivity contribution is 7.99. The number of amides is 1. The largest absolute Gasteiger partial charge is 0.306 e. The maximum atomic E-state index is 12.5. The van der Waals surface area contributed by atoms with Crippen molar-refractivity contribution in [2.75, 3.05) is 5.32 Å². The van der Waals surface area contributed by atoms with Crippen LogP contribution < -0.4 is 5.32 Å². The molecule has 0 unspecified atom stereocenters. The average molecular weight is 404 g/mol. The lowest BCUT2D eigenvalue weighted by molar-refractivity contribution is -0.384. The van der Waals surface area contributed by atoms with E-state index in [-0.39, 0.29) is 5.69 Å². The number of thioether (sulfide) groups is 1. The Hall–Kier alpha value is -3.27. The monoisotopic (exact) mass is 404 g/mol. The Morgan fingerprint density at radius 3 is 2.39 bits per heavy atom. The molecule has 0 radical (unpaired) electrons. The van der Waals surface area contributed by atoms with Gasteiger partial charge in [0.25, 0.3) is 17.4 Å². The van der Waals surface area contributed by atoms with Crippen LogP contribution in [0.25, 0.3) is 5.69 Å². The van der Waals surface area contributed by atoms with E-state index in [0.29, 0.717) is 39.4 Å². The zero-order valence-corrected chi connectivity index (χ0v) is 15.3. The van der Waals surface area contributed by atoms with Gasteiger partial charge >= 0.3 is 0 Å². The van der Waals surface area contributed by atoms with Gasteiger partial charge in [-0.2, -0.15) is 13.9 Å². The van der Waals surface area contributed by atoms with Crippen LogP contribution in [0.1, 0.15) is 16.1 Å². The molecule has 0 aliphatic carbocycles. The minimum atomic E-state index is -2.53. The number of hydrogen-bond donors (Lipinski definition) is 1. The van der Waals surface area contributed by atoms with Crippen molar-refractivity contribution in [3.05, 3.63) is 76.0 Å². The maximum absolute atomic E-state index is 12.5. The highest BCUT2D eigenvalue weighted by Gasteiger charge is 2.14. The summed E-state index contributed by atoms with van der Waals surface area (Å²) >= 11 is 0.402. The minimum Gasteiger partial charge on any atom is -0.306 e. The van der Waals surface area contributed by atoms with E-state index in [4.69, 9.17) is 0 Å². The van der Waals surface area contributed by atoms with Gasteiger partial charge in [0.05, 0.1) is 16.3 Å². The standard InChI is InChI=1S/C18H14F2N4O3S/c1-11-10-16(23(22-11)13-4-6-14(7-5-13)24(26)27)21-17(25)12-2-8-15(9-3-12)28-18(19)20/h2-10,18H,1H3,(H,21,25). The SMILES string of the molecule is Cc1cc(NC(=O)c2ccc(SC(F)F)cc2)n(-c2ccc([N+](=O)[O-])cc2)n1. The molecular weight excluding hydrogens is 390 g/mol. The second-order valence-corrected chi connectivity index (χ2v) is 6.78. The number of nitro benzene ring substituents is 1. The van der Waals surface area contributed by atoms with Crippen LogP contribution in [0, 0.1) is 17.0 Å². The number of benzene rings is 2. The Morgan fingerprint density at radius 1 is 1.18 bits per heavy atom. The van der Waals surface area contributed by atoms with Gasteiger partial charge in [0.15, 0.2) is 0 Å². The molecule has 0 saturated carbocycles. The zero-order chi connectivity index (χ0) is 20.3. The number of nitro groups is 1. The summed E-state index contributed by atoms with van der Waals surface area (Å²) in [6.45, 7) is 1.74. The van der Waals surface area contributed by atoms with Crippen LogP contribution in [0.5, 0.6) is 0 Å². The molecule has 28 heavy (non-hydrogen) atoms. The molecular formula is C18H14F2N4O3S. The number of non-ortho nitro benzene ring substituents is 1. The molecule has 0 atom stereocenters. The molecule has 3 aromatic rings. The van der Waals surface area contributed by atoms with Gasteiger partial charge in [-0.1, -0.05) is 11.8 Å². The molecule has 0 spiro atoms. The molecule has 1 aromatic heterocycles. The molecule has 0 fully saturated rings. The van der Waals surface area contributed by atoms with Crippen LogP contribution in [-0.2, 0) is 0 Å². The van der Waals surface area contributed by atoms with Crippen molar-refractivity contribution in [3.8, 4) is 5.69 Å². The molecule has 3 rings (SSSR count). The Bertz CT molecular complexity index is 1000. The van der Waals surface area contributed by atoms with E-state index in [1.807, 2.05) is 0 Å². The van der Waals surface area contributed by atoms with Crippen molar-refractivity contribution >= 4 is 29.2 Å². The first-order valence-electron chi connectivity index (χ1n) is 8.01. The van der Waals surface area contributed by atoms with Gasteiger partial charge in [0.2, 0.25) is 0 Å². The number of aryl methyl sites for hydroxylation is 1. The lowest BCUT2D eigenvalue weighted by Crippen LogP contribution is -2.15. The second kappa shape index (κ2) is 8.17. The predicted octanol–water partition coefficient (Wildman–Crippen LogP) is 4.66. The third-order valence-corrected chi connectivity index (χ3v) is 4.44. The van der Waals surface area contributed by atoms with Crippen LogP contribution in [0.4, 0.5) is 20.3 Å². The third kappa shape index (κ3) is 4.52. The summed E-state index contributed by atoms with van der Waals surface area (Å²) in [6, 6.07) is 13.2. The number of carbonyl (C=O) groups is 1. The van der Waals surface area contributed by atoms with Gasteiger partial charge in [-0.25, -0.2) is 4.68 Å². The molecule has 1 N–H and O–H groups in total. The highest BCUT2D eigenvalue weighted by atomic mass is 32.2. The van der Waals surface area contributed by atoms with Gasteiger partial charge in [-0.05, 0) is 43.3 Å². The number of alkyl halides is 2. The molecule has 7 nitrogen and oxygen atoms in total.